The van der Waals surface area contributed by atoms with E-state index in [0.29, 0.717) is 10.6 Å². The molecule has 5 nitrogen and oxygen atoms in total. The van der Waals surface area contributed by atoms with Crippen LogP contribution in [0.2, 0.25) is 0 Å². The fourth-order valence-electron chi connectivity index (χ4n) is 0.735. The molecule has 1 N–H and O–H groups in total. The van der Waals surface area contributed by atoms with Crippen molar-refractivity contribution in [1.82, 2.24) is 9.71 Å². The van der Waals surface area contributed by atoms with E-state index in [2.05, 4.69) is 4.98 Å². The summed E-state index contributed by atoms with van der Waals surface area (Å²) in [7, 11) is -3.49. The Balaban J connectivity index is 2.88. The van der Waals surface area contributed by atoms with Crippen LogP contribution in [0.5, 0.6) is 0 Å². The minimum atomic E-state index is -3.49. The molecular formula is C6H8N2O3S2. The van der Waals surface area contributed by atoms with E-state index in [1.165, 1.54) is 5.51 Å². The molecule has 0 spiro atoms. The maximum absolute atomic E-state index is 11.2. The monoisotopic (exact) mass is 220 g/mol. The molecule has 0 saturated carbocycles. The summed E-state index contributed by atoms with van der Waals surface area (Å²) >= 11 is 1.11. The lowest BCUT2D eigenvalue weighted by atomic mass is 10.4. The van der Waals surface area contributed by atoms with Crippen molar-refractivity contribution in [1.29, 1.82) is 0 Å². The van der Waals surface area contributed by atoms with Gasteiger partial charge in [-0.05, 0) is 6.92 Å². The molecule has 0 radical (unpaired) electrons. The van der Waals surface area contributed by atoms with Gasteiger partial charge in [-0.25, -0.2) is 18.1 Å². The number of aryl methyl sites for hydroxylation is 1. The molecule has 0 fully saturated rings. The Morgan fingerprint density at radius 3 is 2.62 bits per heavy atom. The maximum Gasteiger partial charge on any atom is 0.276 e. The molecule has 72 valence electrons. The number of sulfonamides is 1. The Bertz CT molecular complexity index is 421. The molecule has 0 aliphatic rings. The highest BCUT2D eigenvalue weighted by molar-refractivity contribution is 7.89. The van der Waals surface area contributed by atoms with Gasteiger partial charge in [-0.3, -0.25) is 4.79 Å². The lowest BCUT2D eigenvalue weighted by Gasteiger charge is -1.99. The van der Waals surface area contributed by atoms with E-state index in [-0.39, 0.29) is 0 Å². The Hall–Kier alpha value is -0.950. The van der Waals surface area contributed by atoms with Gasteiger partial charge in [0.05, 0.1) is 17.5 Å². The molecule has 0 aliphatic carbocycles. The first-order valence-corrected chi connectivity index (χ1v) is 6.09. The molecule has 13 heavy (non-hydrogen) atoms. The molecule has 1 heterocycles. The van der Waals surface area contributed by atoms with Gasteiger partial charge in [-0.15, -0.1) is 11.3 Å². The van der Waals surface area contributed by atoms with Crippen LogP contribution in [0.25, 0.3) is 0 Å². The van der Waals surface area contributed by atoms with Crippen molar-refractivity contribution in [3.63, 3.8) is 0 Å². The molecule has 0 unspecified atom stereocenters. The van der Waals surface area contributed by atoms with E-state index in [0.717, 1.165) is 17.6 Å². The van der Waals surface area contributed by atoms with Crippen LogP contribution in [0.15, 0.2) is 5.51 Å². The molecule has 1 aromatic heterocycles. The molecule has 1 amide bonds. The van der Waals surface area contributed by atoms with Crippen LogP contribution in [0.4, 0.5) is 0 Å². The average molecular weight is 220 g/mol. The molecule has 0 saturated heterocycles. The topological polar surface area (TPSA) is 76.1 Å². The second-order valence-electron chi connectivity index (χ2n) is 2.47. The molecule has 0 aromatic carbocycles. The Labute approximate surface area is 79.9 Å². The van der Waals surface area contributed by atoms with Crippen molar-refractivity contribution in [2.45, 2.75) is 6.92 Å². The summed E-state index contributed by atoms with van der Waals surface area (Å²) in [6.07, 6.45) is 0.932. The van der Waals surface area contributed by atoms with Crippen molar-refractivity contribution in [3.05, 3.63) is 16.1 Å². The molecular weight excluding hydrogens is 212 g/mol. The van der Waals surface area contributed by atoms with E-state index in [1.54, 1.807) is 6.92 Å². The highest BCUT2D eigenvalue weighted by atomic mass is 32.2. The van der Waals surface area contributed by atoms with Gasteiger partial charge in [0.2, 0.25) is 10.0 Å². The highest BCUT2D eigenvalue weighted by Gasteiger charge is 2.14. The summed E-state index contributed by atoms with van der Waals surface area (Å²) in [5.74, 6) is -0.623. The van der Waals surface area contributed by atoms with Crippen molar-refractivity contribution < 1.29 is 13.2 Å². The van der Waals surface area contributed by atoms with Crippen LogP contribution in [-0.2, 0) is 10.0 Å². The zero-order chi connectivity index (χ0) is 10.1. The molecule has 0 aliphatic heterocycles. The van der Waals surface area contributed by atoms with Crippen LogP contribution in [0.1, 0.15) is 15.4 Å². The van der Waals surface area contributed by atoms with Gasteiger partial charge >= 0.3 is 0 Å². The van der Waals surface area contributed by atoms with Gasteiger partial charge in [0, 0.05) is 0 Å². The van der Waals surface area contributed by atoms with Crippen molar-refractivity contribution >= 4 is 27.3 Å². The minimum absolute atomic E-state index is 0.324. The van der Waals surface area contributed by atoms with Gasteiger partial charge in [-0.2, -0.15) is 0 Å². The quantitative estimate of drug-likeness (QED) is 0.769. The van der Waals surface area contributed by atoms with E-state index in [9.17, 15) is 13.2 Å². The summed E-state index contributed by atoms with van der Waals surface area (Å²) in [5, 5.41) is 0. The van der Waals surface area contributed by atoms with E-state index < -0.39 is 15.9 Å². The number of carbonyl (C=O) groups excluding carboxylic acids is 1. The Kier molecular flexibility index (Phi) is 2.67. The fourth-order valence-corrected chi connectivity index (χ4v) is 1.94. The largest absolute Gasteiger partial charge is 0.276 e. The predicted octanol–water partition coefficient (Wildman–Crippen LogP) is 0.141. The van der Waals surface area contributed by atoms with Gasteiger partial charge < -0.3 is 0 Å². The van der Waals surface area contributed by atoms with Gasteiger partial charge in [0.25, 0.3) is 5.91 Å². The van der Waals surface area contributed by atoms with Crippen molar-refractivity contribution in [3.8, 4) is 0 Å². The van der Waals surface area contributed by atoms with Gasteiger partial charge in [-0.1, -0.05) is 0 Å². The van der Waals surface area contributed by atoms with Crippen LogP contribution < -0.4 is 4.72 Å². The molecule has 1 rings (SSSR count). The summed E-state index contributed by atoms with van der Waals surface area (Å²) in [4.78, 5) is 15.4. The third kappa shape index (κ3) is 2.78. The summed E-state index contributed by atoms with van der Waals surface area (Å²) < 4.78 is 23.3. The normalized spacial score (nSPS) is 11.2. The maximum atomic E-state index is 11.2. The first kappa shape index (κ1) is 10.1. The Morgan fingerprint density at radius 1 is 1.62 bits per heavy atom. The van der Waals surface area contributed by atoms with Crippen LogP contribution in [-0.4, -0.2) is 25.6 Å². The second kappa shape index (κ2) is 3.43. The van der Waals surface area contributed by atoms with E-state index in [1.807, 2.05) is 4.72 Å². The molecule has 0 atom stereocenters. The summed E-state index contributed by atoms with van der Waals surface area (Å²) in [6.45, 7) is 1.65. The first-order valence-electron chi connectivity index (χ1n) is 3.32. The predicted molar refractivity (Wildman–Crippen MR) is 49.2 cm³/mol. The number of carbonyl (C=O) groups is 1. The minimum Gasteiger partial charge on any atom is -0.267 e. The highest BCUT2D eigenvalue weighted by Crippen LogP contribution is 2.11. The number of nitrogens with zero attached hydrogens (tertiary/aromatic N) is 1. The van der Waals surface area contributed by atoms with Crippen LogP contribution in [0, 0.1) is 6.92 Å². The number of nitrogens with one attached hydrogen (secondary N) is 1. The van der Waals surface area contributed by atoms with Gasteiger partial charge in [0.15, 0.2) is 0 Å². The number of rotatable bonds is 2. The number of aromatic nitrogens is 1. The summed E-state index contributed by atoms with van der Waals surface area (Å²) in [6, 6.07) is 0. The number of hydrogen-bond donors (Lipinski definition) is 1. The number of hydrogen-bond acceptors (Lipinski definition) is 5. The molecule has 0 bridgehead atoms. The van der Waals surface area contributed by atoms with E-state index in [4.69, 9.17) is 0 Å². The number of amides is 1. The van der Waals surface area contributed by atoms with E-state index >= 15 is 0 Å². The zero-order valence-corrected chi connectivity index (χ0v) is 8.70. The molecule has 7 heteroatoms. The first-order chi connectivity index (χ1) is 5.90. The van der Waals surface area contributed by atoms with Crippen LogP contribution in [0.3, 0.4) is 0 Å². The average Bonchev–Trinajstić information content (AvgIpc) is 2.30. The standard InChI is InChI=1S/C6H8N2O3S2/c1-4-5(12-3-7-4)6(9)8-13(2,10)11/h3H,1-2H3,(H,8,9). The Morgan fingerprint density at radius 2 is 2.23 bits per heavy atom. The third-order valence-electron chi connectivity index (χ3n) is 1.23. The SMILES string of the molecule is Cc1ncsc1C(=O)NS(C)(=O)=O. The zero-order valence-electron chi connectivity index (χ0n) is 7.07. The van der Waals surface area contributed by atoms with Crippen LogP contribution >= 0.6 is 11.3 Å². The lowest BCUT2D eigenvalue weighted by molar-refractivity contribution is 0.0985. The van der Waals surface area contributed by atoms with Crippen molar-refractivity contribution in [2.24, 2.45) is 0 Å². The molecule has 1 aromatic rings. The number of thiazole rings is 1. The lowest BCUT2D eigenvalue weighted by Crippen LogP contribution is -2.29. The second-order valence-corrected chi connectivity index (χ2v) is 5.07. The fraction of sp³-hybridized carbons (Fsp3) is 0.333. The summed E-state index contributed by atoms with van der Waals surface area (Å²) in [5.41, 5.74) is 2.03. The smallest absolute Gasteiger partial charge is 0.267 e. The van der Waals surface area contributed by atoms with Crippen molar-refractivity contribution in [2.75, 3.05) is 6.26 Å². The van der Waals surface area contributed by atoms with Gasteiger partial charge in [0.1, 0.15) is 4.88 Å². The third-order valence-corrected chi connectivity index (χ3v) is 2.71.